The van der Waals surface area contributed by atoms with E-state index in [0.29, 0.717) is 29.6 Å². The average molecular weight is 254 g/mol. The molecule has 17 heavy (non-hydrogen) atoms. The molecule has 0 aliphatic rings. The van der Waals surface area contributed by atoms with E-state index in [-0.39, 0.29) is 0 Å². The Hall–Kier alpha value is -1.20. The number of nitrogens with two attached hydrogens (primary N) is 1. The van der Waals surface area contributed by atoms with Crippen LogP contribution < -0.4 is 10.5 Å². The molecule has 0 atom stereocenters. The molecule has 0 aliphatic heterocycles. The van der Waals surface area contributed by atoms with Crippen LogP contribution in [0.15, 0.2) is 18.3 Å². The Morgan fingerprint density at radius 3 is 2.76 bits per heavy atom. The second kappa shape index (κ2) is 7.97. The van der Waals surface area contributed by atoms with Gasteiger partial charge >= 0.3 is 0 Å². The molecule has 1 aromatic rings. The van der Waals surface area contributed by atoms with E-state index >= 15 is 0 Å². The van der Waals surface area contributed by atoms with Gasteiger partial charge in [-0.05, 0) is 18.6 Å². The molecule has 1 aromatic heterocycles. The van der Waals surface area contributed by atoms with E-state index in [2.05, 4.69) is 11.9 Å². The lowest BCUT2D eigenvalue weighted by molar-refractivity contribution is 0.0979. The number of aromatic nitrogens is 1. The maximum absolute atomic E-state index is 5.45. The minimum Gasteiger partial charge on any atom is -0.490 e. The van der Waals surface area contributed by atoms with E-state index in [1.807, 2.05) is 0 Å². The highest BCUT2D eigenvalue weighted by Gasteiger charge is 1.98. The summed E-state index contributed by atoms with van der Waals surface area (Å²) < 4.78 is 10.8. The number of unbranched alkanes of at least 4 members (excludes halogenated alkanes) is 1. The fourth-order valence-corrected chi connectivity index (χ4v) is 1.30. The SMILES string of the molecule is CCCCOCCOc1ccc(C(N)=S)nc1. The first-order chi connectivity index (χ1) is 8.24. The van der Waals surface area contributed by atoms with Crippen LogP contribution in [0.2, 0.25) is 0 Å². The molecule has 0 unspecified atom stereocenters. The summed E-state index contributed by atoms with van der Waals surface area (Å²) in [6.07, 6.45) is 3.84. The maximum atomic E-state index is 5.45. The largest absolute Gasteiger partial charge is 0.490 e. The zero-order chi connectivity index (χ0) is 12.5. The maximum Gasteiger partial charge on any atom is 0.137 e. The van der Waals surface area contributed by atoms with Gasteiger partial charge in [0.1, 0.15) is 17.3 Å². The first-order valence-electron chi connectivity index (χ1n) is 5.70. The molecule has 5 heteroatoms. The van der Waals surface area contributed by atoms with Crippen molar-refractivity contribution in [2.75, 3.05) is 19.8 Å². The Kier molecular flexibility index (Phi) is 6.50. The first-order valence-corrected chi connectivity index (χ1v) is 6.11. The predicted molar refractivity (Wildman–Crippen MR) is 71.3 cm³/mol. The minimum absolute atomic E-state index is 0.291. The summed E-state index contributed by atoms with van der Waals surface area (Å²) in [7, 11) is 0. The summed E-state index contributed by atoms with van der Waals surface area (Å²) in [5, 5.41) is 0. The number of pyridine rings is 1. The molecule has 2 N–H and O–H groups in total. The van der Waals surface area contributed by atoms with Gasteiger partial charge in [-0.25, -0.2) is 4.98 Å². The van der Waals surface area contributed by atoms with E-state index in [0.717, 1.165) is 19.4 Å². The first kappa shape index (κ1) is 13.9. The standard InChI is InChI=1S/C12H18N2O2S/c1-2-3-6-15-7-8-16-10-4-5-11(12(13)17)14-9-10/h4-5,9H,2-3,6-8H2,1H3,(H2,13,17). The van der Waals surface area contributed by atoms with Crippen molar-refractivity contribution in [3.05, 3.63) is 24.0 Å². The molecule has 0 amide bonds. The smallest absolute Gasteiger partial charge is 0.137 e. The van der Waals surface area contributed by atoms with Crippen LogP contribution in [0.1, 0.15) is 25.5 Å². The molecule has 4 nitrogen and oxygen atoms in total. The number of nitrogens with zero attached hydrogens (tertiary/aromatic N) is 1. The summed E-state index contributed by atoms with van der Waals surface area (Å²) in [6, 6.07) is 3.54. The Bertz CT molecular complexity index is 341. The van der Waals surface area contributed by atoms with Gasteiger partial charge in [0.25, 0.3) is 0 Å². The van der Waals surface area contributed by atoms with Crippen LogP contribution in [0.4, 0.5) is 0 Å². The normalized spacial score (nSPS) is 10.2. The van der Waals surface area contributed by atoms with Crippen molar-refractivity contribution < 1.29 is 9.47 Å². The van der Waals surface area contributed by atoms with Crippen LogP contribution in [0.25, 0.3) is 0 Å². The number of rotatable bonds is 8. The van der Waals surface area contributed by atoms with E-state index in [1.54, 1.807) is 18.3 Å². The summed E-state index contributed by atoms with van der Waals surface area (Å²) >= 11 is 4.81. The van der Waals surface area contributed by atoms with Crippen LogP contribution in [0.5, 0.6) is 5.75 Å². The Morgan fingerprint density at radius 2 is 2.18 bits per heavy atom. The Morgan fingerprint density at radius 1 is 1.35 bits per heavy atom. The van der Waals surface area contributed by atoms with Gasteiger partial charge in [-0.3, -0.25) is 0 Å². The lowest BCUT2D eigenvalue weighted by atomic mass is 10.3. The highest BCUT2D eigenvalue weighted by atomic mass is 32.1. The monoisotopic (exact) mass is 254 g/mol. The van der Waals surface area contributed by atoms with Crippen LogP contribution in [-0.4, -0.2) is 29.8 Å². The van der Waals surface area contributed by atoms with Gasteiger partial charge in [0, 0.05) is 6.61 Å². The van der Waals surface area contributed by atoms with Crippen molar-refractivity contribution in [1.29, 1.82) is 0 Å². The van der Waals surface area contributed by atoms with Crippen molar-refractivity contribution in [1.82, 2.24) is 4.98 Å². The van der Waals surface area contributed by atoms with Crippen LogP contribution >= 0.6 is 12.2 Å². The van der Waals surface area contributed by atoms with Crippen LogP contribution in [-0.2, 0) is 4.74 Å². The molecule has 0 bridgehead atoms. The number of hydrogen-bond acceptors (Lipinski definition) is 4. The highest BCUT2D eigenvalue weighted by Crippen LogP contribution is 2.08. The van der Waals surface area contributed by atoms with Crippen molar-refractivity contribution in [3.8, 4) is 5.75 Å². The van der Waals surface area contributed by atoms with Crippen LogP contribution in [0, 0.1) is 0 Å². The summed E-state index contributed by atoms with van der Waals surface area (Å²) in [5.74, 6) is 0.698. The lowest BCUT2D eigenvalue weighted by Gasteiger charge is -2.06. The van der Waals surface area contributed by atoms with Gasteiger partial charge in [-0.2, -0.15) is 0 Å². The van der Waals surface area contributed by atoms with Crippen LogP contribution in [0.3, 0.4) is 0 Å². The fourth-order valence-electron chi connectivity index (χ4n) is 1.18. The summed E-state index contributed by atoms with van der Waals surface area (Å²) in [6.45, 7) is 4.04. The van der Waals surface area contributed by atoms with E-state index in [1.165, 1.54) is 0 Å². The predicted octanol–water partition coefficient (Wildman–Crippen LogP) is 1.91. The van der Waals surface area contributed by atoms with Gasteiger partial charge in [0.05, 0.1) is 18.5 Å². The molecular formula is C12H18N2O2S. The van der Waals surface area contributed by atoms with Crippen molar-refractivity contribution >= 4 is 17.2 Å². The summed E-state index contributed by atoms with van der Waals surface area (Å²) in [4.78, 5) is 4.37. The highest BCUT2D eigenvalue weighted by molar-refractivity contribution is 7.80. The second-order valence-electron chi connectivity index (χ2n) is 3.56. The van der Waals surface area contributed by atoms with Gasteiger partial charge in [0.15, 0.2) is 0 Å². The number of thiocarbonyl (C=S) groups is 1. The van der Waals surface area contributed by atoms with Crippen molar-refractivity contribution in [3.63, 3.8) is 0 Å². The van der Waals surface area contributed by atoms with Gasteiger partial charge in [-0.1, -0.05) is 25.6 Å². The van der Waals surface area contributed by atoms with Gasteiger partial charge in [-0.15, -0.1) is 0 Å². The molecule has 0 aromatic carbocycles. The zero-order valence-electron chi connectivity index (χ0n) is 10.0. The second-order valence-corrected chi connectivity index (χ2v) is 4.00. The average Bonchev–Trinajstić information content (AvgIpc) is 2.34. The lowest BCUT2D eigenvalue weighted by Crippen LogP contribution is -2.12. The molecule has 0 radical (unpaired) electrons. The molecule has 94 valence electrons. The van der Waals surface area contributed by atoms with E-state index in [9.17, 15) is 0 Å². The molecular weight excluding hydrogens is 236 g/mol. The third kappa shape index (κ3) is 5.60. The molecule has 0 aliphatic carbocycles. The van der Waals surface area contributed by atoms with E-state index in [4.69, 9.17) is 27.4 Å². The fraction of sp³-hybridized carbons (Fsp3) is 0.500. The Balaban J connectivity index is 2.21. The third-order valence-electron chi connectivity index (χ3n) is 2.13. The van der Waals surface area contributed by atoms with Gasteiger partial charge < -0.3 is 15.2 Å². The molecule has 0 fully saturated rings. The topological polar surface area (TPSA) is 57.4 Å². The molecule has 0 saturated heterocycles. The third-order valence-corrected chi connectivity index (χ3v) is 2.34. The molecule has 0 spiro atoms. The van der Waals surface area contributed by atoms with Crippen molar-refractivity contribution in [2.45, 2.75) is 19.8 Å². The van der Waals surface area contributed by atoms with E-state index < -0.39 is 0 Å². The van der Waals surface area contributed by atoms with Crippen molar-refractivity contribution in [2.24, 2.45) is 5.73 Å². The quantitative estimate of drug-likeness (QED) is 0.567. The number of ether oxygens (including phenoxy) is 2. The summed E-state index contributed by atoms with van der Waals surface area (Å²) in [5.41, 5.74) is 6.04. The molecule has 0 saturated carbocycles. The molecule has 1 heterocycles. The Labute approximate surface area is 107 Å². The molecule has 1 rings (SSSR count). The number of hydrogen-bond donors (Lipinski definition) is 1. The zero-order valence-corrected chi connectivity index (χ0v) is 10.8. The van der Waals surface area contributed by atoms with Gasteiger partial charge in [0.2, 0.25) is 0 Å². The minimum atomic E-state index is 0.291.